The van der Waals surface area contributed by atoms with Gasteiger partial charge in [0.1, 0.15) is 0 Å². The highest BCUT2D eigenvalue weighted by Crippen LogP contribution is 2.54. The van der Waals surface area contributed by atoms with Crippen molar-refractivity contribution in [2.45, 2.75) is 39.5 Å². The van der Waals surface area contributed by atoms with E-state index in [0.717, 1.165) is 11.8 Å². The van der Waals surface area contributed by atoms with Gasteiger partial charge in [-0.3, -0.25) is 0 Å². The van der Waals surface area contributed by atoms with Crippen molar-refractivity contribution in [1.29, 1.82) is 0 Å². The molecule has 0 aliphatic heterocycles. The molecule has 0 aromatic heterocycles. The van der Waals surface area contributed by atoms with Crippen molar-refractivity contribution in [1.82, 2.24) is 0 Å². The number of rotatable bonds is 1. The molecule has 62 valence electrons. The molecule has 2 aliphatic carbocycles. The zero-order chi connectivity index (χ0) is 7.90. The summed E-state index contributed by atoms with van der Waals surface area (Å²) in [7, 11) is 0. The summed E-state index contributed by atoms with van der Waals surface area (Å²) in [6.07, 6.45) is 10.8. The van der Waals surface area contributed by atoms with Gasteiger partial charge in [0.25, 0.3) is 0 Å². The van der Waals surface area contributed by atoms with Gasteiger partial charge in [0.05, 0.1) is 0 Å². The minimum atomic E-state index is 0.714. The van der Waals surface area contributed by atoms with Crippen LogP contribution in [0.5, 0.6) is 0 Å². The third-order valence-electron chi connectivity index (χ3n) is 3.42. The van der Waals surface area contributed by atoms with Crippen molar-refractivity contribution in [2.75, 3.05) is 0 Å². The Bertz CT molecular complexity index is 172. The minimum Gasteiger partial charge on any atom is -0.0846 e. The van der Waals surface area contributed by atoms with Gasteiger partial charge in [0.15, 0.2) is 0 Å². The lowest BCUT2D eigenvalue weighted by Gasteiger charge is -2.24. The lowest BCUT2D eigenvalue weighted by Crippen LogP contribution is -2.13. The second-order valence-electron chi connectivity index (χ2n) is 4.67. The second-order valence-corrected chi connectivity index (χ2v) is 4.67. The molecule has 1 fully saturated rings. The molecule has 2 rings (SSSR count). The molecule has 0 saturated heterocycles. The van der Waals surface area contributed by atoms with E-state index < -0.39 is 0 Å². The van der Waals surface area contributed by atoms with Crippen LogP contribution in [0.4, 0.5) is 0 Å². The van der Waals surface area contributed by atoms with Crippen molar-refractivity contribution < 1.29 is 0 Å². The molecule has 0 aromatic carbocycles. The van der Waals surface area contributed by atoms with Gasteiger partial charge in [-0.2, -0.15) is 0 Å². The summed E-state index contributed by atoms with van der Waals surface area (Å²) in [5.41, 5.74) is 0.714. The van der Waals surface area contributed by atoms with Crippen LogP contribution in [-0.2, 0) is 0 Å². The van der Waals surface area contributed by atoms with Crippen LogP contribution < -0.4 is 0 Å². The van der Waals surface area contributed by atoms with Crippen LogP contribution >= 0.6 is 0 Å². The van der Waals surface area contributed by atoms with Crippen LogP contribution in [0.2, 0.25) is 0 Å². The Morgan fingerprint density at radius 2 is 2.00 bits per heavy atom. The highest BCUT2D eigenvalue weighted by molar-refractivity contribution is 5.14. The predicted molar refractivity (Wildman–Crippen MR) is 48.4 cm³/mol. The molecule has 1 unspecified atom stereocenters. The van der Waals surface area contributed by atoms with Crippen molar-refractivity contribution in [2.24, 2.45) is 17.3 Å². The molecule has 0 aromatic rings. The highest BCUT2D eigenvalue weighted by atomic mass is 14.5. The van der Waals surface area contributed by atoms with Gasteiger partial charge < -0.3 is 0 Å². The second kappa shape index (κ2) is 2.36. The van der Waals surface area contributed by atoms with Crippen molar-refractivity contribution in [3.05, 3.63) is 12.2 Å². The lowest BCUT2D eigenvalue weighted by molar-refractivity contribution is 0.366. The molecule has 0 N–H and O–H groups in total. The average molecular weight is 150 g/mol. The Hall–Kier alpha value is -0.260. The quantitative estimate of drug-likeness (QED) is 0.503. The first-order chi connectivity index (χ1) is 5.22. The predicted octanol–water partition coefficient (Wildman–Crippen LogP) is 3.39. The Balaban J connectivity index is 2.00. The van der Waals surface area contributed by atoms with Crippen LogP contribution in [0.3, 0.4) is 0 Å². The third kappa shape index (κ3) is 1.36. The van der Waals surface area contributed by atoms with Crippen LogP contribution in [-0.4, -0.2) is 0 Å². The Kier molecular flexibility index (Phi) is 1.59. The van der Waals surface area contributed by atoms with Crippen LogP contribution in [0.15, 0.2) is 12.2 Å². The summed E-state index contributed by atoms with van der Waals surface area (Å²) in [6, 6.07) is 0. The summed E-state index contributed by atoms with van der Waals surface area (Å²) in [5, 5.41) is 0. The van der Waals surface area contributed by atoms with E-state index in [9.17, 15) is 0 Å². The maximum Gasteiger partial charge on any atom is -0.0117 e. The van der Waals surface area contributed by atoms with E-state index in [4.69, 9.17) is 0 Å². The molecule has 0 nitrogen and oxygen atoms in total. The molecule has 1 spiro atoms. The smallest absolute Gasteiger partial charge is 0.0117 e. The summed E-state index contributed by atoms with van der Waals surface area (Å²) in [6.45, 7) is 4.67. The van der Waals surface area contributed by atoms with E-state index >= 15 is 0 Å². The Morgan fingerprint density at radius 3 is 2.36 bits per heavy atom. The maximum atomic E-state index is 2.50. The maximum absolute atomic E-state index is 2.50. The summed E-state index contributed by atoms with van der Waals surface area (Å²) < 4.78 is 0. The zero-order valence-corrected chi connectivity index (χ0v) is 7.64. The van der Waals surface area contributed by atoms with Gasteiger partial charge in [0.2, 0.25) is 0 Å². The largest absolute Gasteiger partial charge is 0.0846 e. The molecule has 1 atom stereocenters. The fourth-order valence-electron chi connectivity index (χ4n) is 2.09. The van der Waals surface area contributed by atoms with E-state index in [1.165, 1.54) is 25.7 Å². The van der Waals surface area contributed by atoms with E-state index in [0.29, 0.717) is 5.41 Å². The highest BCUT2D eigenvalue weighted by Gasteiger charge is 2.41. The van der Waals surface area contributed by atoms with Crippen molar-refractivity contribution >= 4 is 0 Å². The summed E-state index contributed by atoms with van der Waals surface area (Å²) >= 11 is 0. The fourth-order valence-corrected chi connectivity index (χ4v) is 2.09. The average Bonchev–Trinajstić information content (AvgIpc) is 2.70. The van der Waals surface area contributed by atoms with Crippen molar-refractivity contribution in [3.63, 3.8) is 0 Å². The third-order valence-corrected chi connectivity index (χ3v) is 3.42. The molecular weight excluding hydrogens is 132 g/mol. The summed E-state index contributed by atoms with van der Waals surface area (Å²) in [5.74, 6) is 1.73. The Labute approximate surface area is 69.7 Å². The first kappa shape index (κ1) is 7.39. The van der Waals surface area contributed by atoms with Gasteiger partial charge in [-0.05, 0) is 42.9 Å². The topological polar surface area (TPSA) is 0 Å². The number of hydrogen-bond acceptors (Lipinski definition) is 0. The molecule has 2 aliphatic rings. The van der Waals surface area contributed by atoms with E-state index in [1.807, 2.05) is 0 Å². The molecule has 1 saturated carbocycles. The summed E-state index contributed by atoms with van der Waals surface area (Å²) in [4.78, 5) is 0. The molecule has 11 heavy (non-hydrogen) atoms. The first-order valence-corrected chi connectivity index (χ1v) is 4.91. The molecule has 0 amide bonds. The van der Waals surface area contributed by atoms with E-state index in [1.54, 1.807) is 0 Å². The zero-order valence-electron chi connectivity index (χ0n) is 7.64. The number of allylic oxidation sites excluding steroid dienone is 2. The van der Waals surface area contributed by atoms with Gasteiger partial charge in [-0.1, -0.05) is 26.0 Å². The van der Waals surface area contributed by atoms with Gasteiger partial charge in [-0.25, -0.2) is 0 Å². The van der Waals surface area contributed by atoms with Gasteiger partial charge in [0, 0.05) is 0 Å². The molecular formula is C11H18. The standard InChI is InChI=1S/C11H18/c1-9(2)10-3-5-11(6-4-10)7-8-11/h3,5,9-10H,4,6-8H2,1-2H3. The fraction of sp³-hybridized carbons (Fsp3) is 0.818. The first-order valence-electron chi connectivity index (χ1n) is 4.91. The number of hydrogen-bond donors (Lipinski definition) is 0. The van der Waals surface area contributed by atoms with E-state index in [2.05, 4.69) is 26.0 Å². The van der Waals surface area contributed by atoms with E-state index in [-0.39, 0.29) is 0 Å². The minimum absolute atomic E-state index is 0.714. The Morgan fingerprint density at radius 1 is 1.27 bits per heavy atom. The van der Waals surface area contributed by atoms with Gasteiger partial charge >= 0.3 is 0 Å². The van der Waals surface area contributed by atoms with Gasteiger partial charge in [-0.15, -0.1) is 0 Å². The normalized spacial score (nSPS) is 33.2. The molecule has 0 radical (unpaired) electrons. The molecule has 0 bridgehead atoms. The van der Waals surface area contributed by atoms with Crippen LogP contribution in [0.1, 0.15) is 39.5 Å². The monoisotopic (exact) mass is 150 g/mol. The van der Waals surface area contributed by atoms with Crippen LogP contribution in [0, 0.1) is 17.3 Å². The van der Waals surface area contributed by atoms with Crippen LogP contribution in [0.25, 0.3) is 0 Å². The lowest BCUT2D eigenvalue weighted by atomic mass is 9.81. The molecule has 0 heteroatoms. The molecule has 0 heterocycles. The van der Waals surface area contributed by atoms with Crippen molar-refractivity contribution in [3.8, 4) is 0 Å². The SMILES string of the molecule is CC(C)C1C=CC2(CC1)CC2.